The quantitative estimate of drug-likeness (QED) is 0.551. The Hall–Kier alpha value is -2.66. The van der Waals surface area contributed by atoms with E-state index in [4.69, 9.17) is 11.6 Å². The highest BCUT2D eigenvalue weighted by atomic mass is 35.5. The molecule has 5 nitrogen and oxygen atoms in total. The number of likely N-dealkylation sites (tertiary alicyclic amines) is 1. The topological polar surface area (TPSA) is 57.7 Å². The van der Waals surface area contributed by atoms with E-state index in [1.165, 1.54) is 0 Å². The van der Waals surface area contributed by atoms with E-state index < -0.39 is 0 Å². The van der Waals surface area contributed by atoms with E-state index in [1.54, 1.807) is 24.3 Å². The van der Waals surface area contributed by atoms with Gasteiger partial charge in [-0.15, -0.1) is 0 Å². The molecule has 0 bridgehead atoms. The number of hydrogen-bond acceptors (Lipinski definition) is 3. The minimum Gasteiger partial charge on any atom is -0.340 e. The predicted molar refractivity (Wildman–Crippen MR) is 122 cm³/mol. The number of piperidine rings is 1. The highest BCUT2D eigenvalue weighted by molar-refractivity contribution is 6.30. The lowest BCUT2D eigenvalue weighted by atomic mass is 10.0. The molecule has 1 saturated heterocycles. The summed E-state index contributed by atoms with van der Waals surface area (Å²) in [7, 11) is 0. The summed E-state index contributed by atoms with van der Waals surface area (Å²) in [6, 6.07) is 16.2. The van der Waals surface area contributed by atoms with Gasteiger partial charge in [-0.1, -0.05) is 36.7 Å². The fourth-order valence-electron chi connectivity index (χ4n) is 4.04. The normalized spacial score (nSPS) is 14.3. The molecular formula is C25H29ClN2O3. The molecule has 0 radical (unpaired) electrons. The van der Waals surface area contributed by atoms with Crippen LogP contribution in [-0.2, 0) is 4.79 Å². The first kappa shape index (κ1) is 23.0. The number of ketones is 1. The minimum atomic E-state index is -0.0512. The average molecular weight is 441 g/mol. The summed E-state index contributed by atoms with van der Waals surface area (Å²) < 4.78 is 0. The van der Waals surface area contributed by atoms with Crippen LogP contribution in [0.25, 0.3) is 0 Å². The number of rotatable bonds is 8. The number of amides is 2. The number of carbonyl (C=O) groups is 3. The number of hydrogen-bond donors (Lipinski definition) is 0. The lowest BCUT2D eigenvalue weighted by molar-refractivity contribution is -0.134. The van der Waals surface area contributed by atoms with Crippen molar-refractivity contribution in [3.63, 3.8) is 0 Å². The van der Waals surface area contributed by atoms with Gasteiger partial charge in [0.2, 0.25) is 5.91 Å². The molecule has 1 aliphatic rings. The van der Waals surface area contributed by atoms with Gasteiger partial charge in [0, 0.05) is 54.7 Å². The first-order valence-electron chi connectivity index (χ1n) is 10.9. The van der Waals surface area contributed by atoms with Crippen LogP contribution in [0.1, 0.15) is 59.7 Å². The summed E-state index contributed by atoms with van der Waals surface area (Å²) >= 11 is 5.87. The van der Waals surface area contributed by atoms with Crippen LogP contribution in [0.4, 0.5) is 0 Å². The average Bonchev–Trinajstić information content (AvgIpc) is 2.81. The van der Waals surface area contributed by atoms with Crippen LogP contribution in [0.5, 0.6) is 0 Å². The fraction of sp³-hybridized carbons (Fsp3) is 0.400. The zero-order chi connectivity index (χ0) is 22.2. The second kappa shape index (κ2) is 11.1. The molecule has 31 heavy (non-hydrogen) atoms. The van der Waals surface area contributed by atoms with E-state index in [2.05, 4.69) is 0 Å². The Labute approximate surface area is 189 Å². The standard InChI is InChI=1S/C25H29ClN2O3/c1-2-16-28(24(30)13-12-23(29)19-8-10-21(26)11-9-19)22-14-17-27(18-15-22)25(31)20-6-4-3-5-7-20/h3-11,22H,2,12-18H2,1H3. The second-order valence-electron chi connectivity index (χ2n) is 7.91. The number of nitrogens with zero attached hydrogens (tertiary/aromatic N) is 2. The van der Waals surface area contributed by atoms with Crippen molar-refractivity contribution in [1.82, 2.24) is 9.80 Å². The first-order valence-corrected chi connectivity index (χ1v) is 11.3. The molecule has 0 spiro atoms. The third-order valence-corrected chi connectivity index (χ3v) is 5.98. The molecule has 3 rings (SSSR count). The predicted octanol–water partition coefficient (Wildman–Crippen LogP) is 4.85. The molecule has 0 unspecified atom stereocenters. The zero-order valence-electron chi connectivity index (χ0n) is 17.9. The van der Waals surface area contributed by atoms with Gasteiger partial charge in [0.05, 0.1) is 0 Å². The molecular weight excluding hydrogens is 412 g/mol. The van der Waals surface area contributed by atoms with E-state index >= 15 is 0 Å². The van der Waals surface area contributed by atoms with Crippen molar-refractivity contribution in [2.75, 3.05) is 19.6 Å². The van der Waals surface area contributed by atoms with Crippen molar-refractivity contribution in [3.8, 4) is 0 Å². The zero-order valence-corrected chi connectivity index (χ0v) is 18.7. The molecule has 164 valence electrons. The number of Topliss-reactive ketones (excluding diaryl/α,β-unsaturated/α-hetero) is 1. The van der Waals surface area contributed by atoms with Crippen molar-refractivity contribution >= 4 is 29.2 Å². The Bertz CT molecular complexity index is 891. The van der Waals surface area contributed by atoms with Gasteiger partial charge in [-0.2, -0.15) is 0 Å². The molecule has 1 fully saturated rings. The fourth-order valence-corrected chi connectivity index (χ4v) is 4.17. The van der Waals surface area contributed by atoms with E-state index in [9.17, 15) is 14.4 Å². The second-order valence-corrected chi connectivity index (χ2v) is 8.34. The number of halogens is 1. The van der Waals surface area contributed by atoms with Crippen molar-refractivity contribution in [3.05, 3.63) is 70.7 Å². The van der Waals surface area contributed by atoms with Crippen molar-refractivity contribution in [2.24, 2.45) is 0 Å². The maximum Gasteiger partial charge on any atom is 0.253 e. The summed E-state index contributed by atoms with van der Waals surface area (Å²) in [4.78, 5) is 41.8. The molecule has 2 aromatic carbocycles. The SMILES string of the molecule is CCCN(C(=O)CCC(=O)c1ccc(Cl)cc1)C1CCN(C(=O)c2ccccc2)CC1. The molecule has 2 amide bonds. The summed E-state index contributed by atoms with van der Waals surface area (Å²) in [6.07, 6.45) is 2.77. The highest BCUT2D eigenvalue weighted by Gasteiger charge is 2.29. The van der Waals surface area contributed by atoms with Crippen LogP contribution >= 0.6 is 11.6 Å². The maximum absolute atomic E-state index is 12.9. The Kier molecular flexibility index (Phi) is 8.24. The lowest BCUT2D eigenvalue weighted by Crippen LogP contribution is -2.49. The molecule has 2 aromatic rings. The monoisotopic (exact) mass is 440 g/mol. The summed E-state index contributed by atoms with van der Waals surface area (Å²) in [5, 5.41) is 0.582. The Balaban J connectivity index is 1.54. The Morgan fingerprint density at radius 3 is 2.19 bits per heavy atom. The molecule has 1 aliphatic heterocycles. The van der Waals surface area contributed by atoms with Crippen LogP contribution in [0.3, 0.4) is 0 Å². The van der Waals surface area contributed by atoms with E-state index in [-0.39, 0.29) is 36.5 Å². The van der Waals surface area contributed by atoms with Crippen LogP contribution < -0.4 is 0 Å². The third-order valence-electron chi connectivity index (χ3n) is 5.73. The number of benzene rings is 2. The Morgan fingerprint density at radius 1 is 0.935 bits per heavy atom. The van der Waals surface area contributed by atoms with E-state index in [1.807, 2.05) is 47.1 Å². The van der Waals surface area contributed by atoms with Gasteiger partial charge in [-0.3, -0.25) is 14.4 Å². The summed E-state index contributed by atoms with van der Waals surface area (Å²) in [6.45, 7) is 3.99. The van der Waals surface area contributed by atoms with Gasteiger partial charge in [0.25, 0.3) is 5.91 Å². The minimum absolute atomic E-state index is 0.0111. The third kappa shape index (κ3) is 6.17. The van der Waals surface area contributed by atoms with Gasteiger partial charge in [0.15, 0.2) is 5.78 Å². The van der Waals surface area contributed by atoms with Crippen molar-refractivity contribution < 1.29 is 14.4 Å². The summed E-state index contributed by atoms with van der Waals surface area (Å²) in [5.41, 5.74) is 1.27. The summed E-state index contributed by atoms with van der Waals surface area (Å²) in [5.74, 6) is 0.00252. The van der Waals surface area contributed by atoms with Gasteiger partial charge < -0.3 is 9.80 Å². The molecule has 0 aromatic heterocycles. The van der Waals surface area contributed by atoms with Gasteiger partial charge in [-0.25, -0.2) is 0 Å². The van der Waals surface area contributed by atoms with Crippen LogP contribution in [-0.4, -0.2) is 53.1 Å². The van der Waals surface area contributed by atoms with Crippen LogP contribution in [0.15, 0.2) is 54.6 Å². The van der Waals surface area contributed by atoms with Crippen molar-refractivity contribution in [1.29, 1.82) is 0 Å². The maximum atomic E-state index is 12.9. The van der Waals surface area contributed by atoms with Gasteiger partial charge in [0.1, 0.15) is 0 Å². The smallest absolute Gasteiger partial charge is 0.253 e. The van der Waals surface area contributed by atoms with E-state index in [0.717, 1.165) is 19.3 Å². The molecule has 0 atom stereocenters. The molecule has 6 heteroatoms. The largest absolute Gasteiger partial charge is 0.340 e. The number of carbonyl (C=O) groups excluding carboxylic acids is 3. The van der Waals surface area contributed by atoms with Crippen LogP contribution in [0, 0.1) is 0 Å². The first-order chi connectivity index (χ1) is 15.0. The molecule has 0 N–H and O–H groups in total. The van der Waals surface area contributed by atoms with Crippen molar-refractivity contribution in [2.45, 2.75) is 45.1 Å². The molecule has 0 saturated carbocycles. The van der Waals surface area contributed by atoms with Gasteiger partial charge >= 0.3 is 0 Å². The molecule has 1 heterocycles. The van der Waals surface area contributed by atoms with Gasteiger partial charge in [-0.05, 0) is 55.7 Å². The molecule has 0 aliphatic carbocycles. The lowest BCUT2D eigenvalue weighted by Gasteiger charge is -2.38. The highest BCUT2D eigenvalue weighted by Crippen LogP contribution is 2.21. The Morgan fingerprint density at radius 2 is 1.58 bits per heavy atom. The van der Waals surface area contributed by atoms with E-state index in [0.29, 0.717) is 35.8 Å². The van der Waals surface area contributed by atoms with Crippen LogP contribution in [0.2, 0.25) is 5.02 Å².